The molecule has 0 saturated carbocycles. The maximum atomic E-state index is 6.32. The molecule has 3 heteroatoms. The molecule has 0 aliphatic rings. The number of rotatable bonds is 2. The Kier molecular flexibility index (Phi) is 5.38. The monoisotopic (exact) mass is 622 g/mol. The number of hydrogen-bond donors (Lipinski definition) is 0. The van der Waals surface area contributed by atoms with Gasteiger partial charge in [-0.15, -0.1) is 0 Å². The molecule has 3 nitrogen and oxygen atoms in total. The van der Waals surface area contributed by atoms with E-state index in [-0.39, 0.29) is 0 Å². The van der Waals surface area contributed by atoms with Crippen molar-refractivity contribution in [3.05, 3.63) is 158 Å². The standard InChI is InChI=1S/C46H26N2O/c1-2-9-30-25-39-34(40-21-17-28-16-15-27-10-7-23-47-45(27)46(28)48-40)20-19-33(38(39)24-29(30)8-1)37-26-31-18-22-42-44(36-13-5-6-14-41(36)49-42)43(31)35-12-4-3-11-32(35)37/h1-26H. The van der Waals surface area contributed by atoms with Crippen molar-refractivity contribution in [2.75, 3.05) is 0 Å². The van der Waals surface area contributed by atoms with Crippen molar-refractivity contribution in [2.24, 2.45) is 0 Å². The summed E-state index contributed by atoms with van der Waals surface area (Å²) in [5.41, 5.74) is 8.14. The molecule has 0 unspecified atom stereocenters. The van der Waals surface area contributed by atoms with Crippen molar-refractivity contribution in [2.45, 2.75) is 0 Å². The average Bonchev–Trinajstić information content (AvgIpc) is 3.55. The number of aromatic nitrogens is 2. The van der Waals surface area contributed by atoms with Gasteiger partial charge in [-0.1, -0.05) is 109 Å². The maximum absolute atomic E-state index is 6.32. The fourth-order valence-corrected chi connectivity index (χ4v) is 8.00. The Hall–Kier alpha value is -6.58. The van der Waals surface area contributed by atoms with Gasteiger partial charge in [-0.2, -0.15) is 0 Å². The molecule has 11 aromatic rings. The molecule has 8 aromatic carbocycles. The second-order valence-corrected chi connectivity index (χ2v) is 12.9. The van der Waals surface area contributed by atoms with Crippen LogP contribution in [-0.2, 0) is 0 Å². The van der Waals surface area contributed by atoms with E-state index in [9.17, 15) is 0 Å². The third-order valence-electron chi connectivity index (χ3n) is 10.2. The van der Waals surface area contributed by atoms with Gasteiger partial charge < -0.3 is 4.42 Å². The number of nitrogens with zero attached hydrogens (tertiary/aromatic N) is 2. The third kappa shape index (κ3) is 3.84. The summed E-state index contributed by atoms with van der Waals surface area (Å²) in [6.45, 7) is 0. The van der Waals surface area contributed by atoms with Gasteiger partial charge in [-0.25, -0.2) is 4.98 Å². The van der Waals surface area contributed by atoms with Crippen LogP contribution in [0.15, 0.2) is 162 Å². The molecule has 3 aromatic heterocycles. The number of furan rings is 1. The summed E-state index contributed by atoms with van der Waals surface area (Å²) < 4.78 is 6.32. The van der Waals surface area contributed by atoms with E-state index in [1.165, 1.54) is 59.6 Å². The molecule has 3 heterocycles. The Morgan fingerprint density at radius 2 is 1.02 bits per heavy atom. The first-order chi connectivity index (χ1) is 24.3. The largest absolute Gasteiger partial charge is 0.456 e. The maximum Gasteiger partial charge on any atom is 0.136 e. The molecule has 0 spiro atoms. The van der Waals surface area contributed by atoms with Crippen LogP contribution in [0.25, 0.3) is 109 Å². The van der Waals surface area contributed by atoms with Crippen molar-refractivity contribution >= 4 is 86.8 Å². The molecule has 0 radical (unpaired) electrons. The zero-order chi connectivity index (χ0) is 32.1. The van der Waals surface area contributed by atoms with Gasteiger partial charge in [0.15, 0.2) is 0 Å². The number of para-hydroxylation sites is 1. The minimum absolute atomic E-state index is 0.915. The molecule has 0 bridgehead atoms. The van der Waals surface area contributed by atoms with Gasteiger partial charge in [0.1, 0.15) is 11.2 Å². The Morgan fingerprint density at radius 3 is 1.88 bits per heavy atom. The van der Waals surface area contributed by atoms with E-state index in [1.54, 1.807) is 0 Å². The Morgan fingerprint density at radius 1 is 0.367 bits per heavy atom. The lowest BCUT2D eigenvalue weighted by Gasteiger charge is -2.17. The van der Waals surface area contributed by atoms with E-state index in [2.05, 4.69) is 140 Å². The summed E-state index contributed by atoms with van der Waals surface area (Å²) in [6, 6.07) is 54.4. The second kappa shape index (κ2) is 9.96. The van der Waals surface area contributed by atoms with Crippen LogP contribution in [0, 0.1) is 0 Å². The predicted octanol–water partition coefficient (Wildman–Crippen LogP) is 12.6. The molecule has 0 amide bonds. The highest BCUT2D eigenvalue weighted by molar-refractivity contribution is 6.29. The quantitative estimate of drug-likeness (QED) is 0.142. The van der Waals surface area contributed by atoms with E-state index >= 15 is 0 Å². The lowest BCUT2D eigenvalue weighted by atomic mass is 9.87. The zero-order valence-corrected chi connectivity index (χ0v) is 26.3. The van der Waals surface area contributed by atoms with E-state index in [1.807, 2.05) is 18.3 Å². The summed E-state index contributed by atoms with van der Waals surface area (Å²) in [5, 5.41) is 14.2. The van der Waals surface area contributed by atoms with Crippen molar-refractivity contribution in [1.82, 2.24) is 9.97 Å². The van der Waals surface area contributed by atoms with Gasteiger partial charge in [0.25, 0.3) is 0 Å². The van der Waals surface area contributed by atoms with Crippen LogP contribution in [0.1, 0.15) is 0 Å². The molecule has 0 fully saturated rings. The Balaban J connectivity index is 1.23. The molecule has 0 aliphatic heterocycles. The average molecular weight is 623 g/mol. The van der Waals surface area contributed by atoms with Crippen LogP contribution in [0.4, 0.5) is 0 Å². The van der Waals surface area contributed by atoms with Gasteiger partial charge in [0.05, 0.1) is 16.7 Å². The van der Waals surface area contributed by atoms with Crippen LogP contribution >= 0.6 is 0 Å². The van der Waals surface area contributed by atoms with Gasteiger partial charge in [-0.05, 0) is 91.3 Å². The highest BCUT2D eigenvalue weighted by Gasteiger charge is 2.18. The first-order valence-electron chi connectivity index (χ1n) is 16.6. The minimum Gasteiger partial charge on any atom is -0.456 e. The second-order valence-electron chi connectivity index (χ2n) is 12.9. The van der Waals surface area contributed by atoms with E-state index < -0.39 is 0 Å². The smallest absolute Gasteiger partial charge is 0.136 e. The number of hydrogen-bond acceptors (Lipinski definition) is 3. The van der Waals surface area contributed by atoms with Crippen LogP contribution in [-0.4, -0.2) is 9.97 Å². The SMILES string of the molecule is c1ccc2cc3c(-c4cc5ccc6oc7ccccc7c6c5c5ccccc45)ccc(-c4ccc5ccc6cccnc6c5n4)c3cc2c1. The van der Waals surface area contributed by atoms with Crippen LogP contribution in [0.2, 0.25) is 0 Å². The van der Waals surface area contributed by atoms with Crippen molar-refractivity contribution in [1.29, 1.82) is 0 Å². The number of fused-ring (bicyclic) bond motifs is 12. The van der Waals surface area contributed by atoms with Gasteiger partial charge in [-0.3, -0.25) is 4.98 Å². The molecule has 0 saturated heterocycles. The molecular formula is C46H26N2O. The highest BCUT2D eigenvalue weighted by Crippen LogP contribution is 2.45. The van der Waals surface area contributed by atoms with Gasteiger partial charge >= 0.3 is 0 Å². The van der Waals surface area contributed by atoms with Crippen LogP contribution in [0.5, 0.6) is 0 Å². The summed E-state index contributed by atoms with van der Waals surface area (Å²) in [4.78, 5) is 9.99. The van der Waals surface area contributed by atoms with E-state index in [4.69, 9.17) is 14.4 Å². The summed E-state index contributed by atoms with van der Waals surface area (Å²) >= 11 is 0. The van der Waals surface area contributed by atoms with Crippen molar-refractivity contribution < 1.29 is 4.42 Å². The summed E-state index contributed by atoms with van der Waals surface area (Å²) in [7, 11) is 0. The normalized spacial score (nSPS) is 12.1. The predicted molar refractivity (Wildman–Crippen MR) is 205 cm³/mol. The van der Waals surface area contributed by atoms with Crippen LogP contribution in [0.3, 0.4) is 0 Å². The molecule has 49 heavy (non-hydrogen) atoms. The Labute approximate surface area is 280 Å². The minimum atomic E-state index is 0.915. The lowest BCUT2D eigenvalue weighted by Crippen LogP contribution is -1.92. The first kappa shape index (κ1) is 26.5. The first-order valence-corrected chi connectivity index (χ1v) is 16.6. The van der Waals surface area contributed by atoms with E-state index in [0.717, 1.165) is 49.6 Å². The Bertz CT molecular complexity index is 3170. The molecule has 0 N–H and O–H groups in total. The molecular weight excluding hydrogens is 597 g/mol. The molecule has 226 valence electrons. The van der Waals surface area contributed by atoms with Gasteiger partial charge in [0, 0.05) is 38.7 Å². The third-order valence-corrected chi connectivity index (χ3v) is 10.2. The molecule has 11 rings (SSSR count). The summed E-state index contributed by atoms with van der Waals surface area (Å²) in [5.74, 6) is 0. The zero-order valence-electron chi connectivity index (χ0n) is 26.3. The van der Waals surface area contributed by atoms with Crippen molar-refractivity contribution in [3.8, 4) is 22.4 Å². The highest BCUT2D eigenvalue weighted by atomic mass is 16.3. The van der Waals surface area contributed by atoms with Gasteiger partial charge in [0.2, 0.25) is 0 Å². The van der Waals surface area contributed by atoms with Crippen LogP contribution < -0.4 is 0 Å². The fourth-order valence-electron chi connectivity index (χ4n) is 8.00. The summed E-state index contributed by atoms with van der Waals surface area (Å²) in [6.07, 6.45) is 1.85. The molecule has 0 atom stereocenters. The lowest BCUT2D eigenvalue weighted by molar-refractivity contribution is 0.669. The fraction of sp³-hybridized carbons (Fsp3) is 0. The topological polar surface area (TPSA) is 38.9 Å². The molecule has 0 aliphatic carbocycles. The number of benzene rings is 8. The van der Waals surface area contributed by atoms with E-state index in [0.29, 0.717) is 0 Å². The number of pyridine rings is 2. The van der Waals surface area contributed by atoms with Crippen molar-refractivity contribution in [3.63, 3.8) is 0 Å².